The number of nitrogens with one attached hydrogen (secondary N) is 3. The molecule has 1 saturated carbocycles. The highest BCUT2D eigenvalue weighted by Gasteiger charge is 2.49. The van der Waals surface area contributed by atoms with Crippen LogP contribution >= 0.6 is 0 Å². The number of methoxy groups -OCH3 is 1. The van der Waals surface area contributed by atoms with Gasteiger partial charge in [0.05, 0.1) is 40.9 Å². The predicted octanol–water partition coefficient (Wildman–Crippen LogP) is 10.1. The number of amides is 1. The first-order valence-corrected chi connectivity index (χ1v) is 29.0. The third-order valence-electron chi connectivity index (χ3n) is 16.6. The van der Waals surface area contributed by atoms with Gasteiger partial charge in [0.1, 0.15) is 27.9 Å². The van der Waals surface area contributed by atoms with Crippen molar-refractivity contribution in [3.05, 3.63) is 129 Å². The average molecular weight is 1100 g/mol. The maximum absolute atomic E-state index is 14.9. The Labute approximate surface area is 461 Å². The highest BCUT2D eigenvalue weighted by Crippen LogP contribution is 2.47. The van der Waals surface area contributed by atoms with Gasteiger partial charge < -0.3 is 34.5 Å². The summed E-state index contributed by atoms with van der Waals surface area (Å²) >= 11 is 0. The van der Waals surface area contributed by atoms with E-state index in [9.17, 15) is 32.8 Å². The number of piperidine rings is 2. The molecule has 20 heteroatoms. The van der Waals surface area contributed by atoms with Gasteiger partial charge in [-0.1, -0.05) is 50.2 Å². The van der Waals surface area contributed by atoms with Gasteiger partial charge in [-0.25, -0.2) is 22.5 Å². The summed E-state index contributed by atoms with van der Waals surface area (Å²) in [5.74, 6) is -0.130. The summed E-state index contributed by atoms with van der Waals surface area (Å²) in [4.78, 5) is 43.9. The Kier molecular flexibility index (Phi) is 15.9. The monoisotopic (exact) mass is 1100 g/mol. The summed E-state index contributed by atoms with van der Waals surface area (Å²) in [6.07, 6.45) is 7.76. The quantitative estimate of drug-likeness (QED) is 0.0465. The van der Waals surface area contributed by atoms with Crippen LogP contribution in [0, 0.1) is 27.3 Å². The van der Waals surface area contributed by atoms with E-state index >= 15 is 0 Å². The van der Waals surface area contributed by atoms with Gasteiger partial charge in [0.15, 0.2) is 5.75 Å². The minimum Gasteiger partial charge on any atom is -0.491 e. The Bertz CT molecular complexity index is 3290. The molecular formula is C59H72FN9O9S. The fraction of sp³-hybridized carbons (Fsp3) is 0.475. The molecule has 6 aromatic rings. The third kappa shape index (κ3) is 12.3. The second kappa shape index (κ2) is 22.7. The van der Waals surface area contributed by atoms with Crippen LogP contribution in [-0.4, -0.2) is 120 Å². The Morgan fingerprint density at radius 3 is 2.39 bits per heavy atom. The van der Waals surface area contributed by atoms with Crippen LogP contribution in [0.25, 0.3) is 11.0 Å². The number of carbonyl (C=O) groups excluding carboxylic acids is 1. The zero-order valence-electron chi connectivity index (χ0n) is 45.8. The molecule has 6 heterocycles. The number of nitrogens with zero attached hydrogens (tertiary/aromatic N) is 6. The molecule has 0 radical (unpaired) electrons. The van der Waals surface area contributed by atoms with Crippen LogP contribution in [0.2, 0.25) is 0 Å². The lowest BCUT2D eigenvalue weighted by Gasteiger charge is -2.59. The minimum atomic E-state index is -4.75. The van der Waals surface area contributed by atoms with Crippen LogP contribution in [0.1, 0.15) is 118 Å². The number of carbonyl (C=O) groups is 1. The molecule has 420 valence electrons. The Morgan fingerprint density at radius 1 is 0.962 bits per heavy atom. The van der Waals surface area contributed by atoms with Crippen LogP contribution in [0.3, 0.4) is 0 Å². The number of benzene rings is 3. The first kappa shape index (κ1) is 55.4. The lowest BCUT2D eigenvalue weighted by Crippen LogP contribution is -2.65. The van der Waals surface area contributed by atoms with Crippen LogP contribution in [0.5, 0.6) is 23.1 Å². The van der Waals surface area contributed by atoms with E-state index in [2.05, 4.69) is 102 Å². The molecule has 18 nitrogen and oxygen atoms in total. The fourth-order valence-corrected chi connectivity index (χ4v) is 13.1. The van der Waals surface area contributed by atoms with Crippen molar-refractivity contribution in [2.45, 2.75) is 121 Å². The SMILES string of the molecule is COc1nc2[nH]cc(F)c2cc1Oc1cc(N2CCC3(CC2)CN(C2CCN(Cc4ccc(OC(C)C)cc4)C[C@H]2c2ccccc2C(C)C)C3)ccc1C(=O)NS(=O)(=O)c1cnc(NCC2CCC(C)(O)CC2)c([N+](=O)[O-])c1. The van der Waals surface area contributed by atoms with Crippen molar-refractivity contribution in [3.8, 4) is 23.1 Å². The van der Waals surface area contributed by atoms with E-state index in [1.807, 2.05) is 13.8 Å². The van der Waals surface area contributed by atoms with Crippen molar-refractivity contribution in [1.29, 1.82) is 0 Å². The summed E-state index contributed by atoms with van der Waals surface area (Å²) in [6, 6.07) is 25.0. The number of sulfonamides is 1. The van der Waals surface area contributed by atoms with Crippen molar-refractivity contribution in [1.82, 2.24) is 29.5 Å². The van der Waals surface area contributed by atoms with E-state index in [-0.39, 0.29) is 57.2 Å². The second-order valence-corrected chi connectivity index (χ2v) is 24.7. The van der Waals surface area contributed by atoms with E-state index in [1.54, 1.807) is 19.1 Å². The standard InChI is InChI=1S/C59H72FN9O9S/c1-37(2)44-9-7-8-10-45(44)48-34-66(33-40-11-14-42(15-12-40)77-38(3)4)24-19-50(48)68-35-59(36-68)22-25-67(26-23-59)41-13-16-46(52(27-41)78-53-29-47-49(60)32-63-54(47)64-57(53)76-6)56(70)65-79(74,75)43-28-51(69(72)73)55(62-31-43)61-30-39-17-20-58(5,71)21-18-39/h7-16,27-29,31-32,37-39,48,50,71H,17-26,30,33-36H2,1-6H3,(H,61,62)(H,63,64)(H,65,70)/t39?,48-,50?,58?/m0/s1. The number of aromatic amines is 1. The Balaban J connectivity index is 0.850. The van der Waals surface area contributed by atoms with E-state index < -0.39 is 42.9 Å². The second-order valence-electron chi connectivity index (χ2n) is 23.0. The molecular weight excluding hydrogens is 1030 g/mol. The number of pyridine rings is 2. The van der Waals surface area contributed by atoms with Gasteiger partial charge in [0.25, 0.3) is 21.8 Å². The van der Waals surface area contributed by atoms with E-state index in [1.165, 1.54) is 35.9 Å². The molecule has 3 aromatic heterocycles. The van der Waals surface area contributed by atoms with E-state index in [4.69, 9.17) is 14.2 Å². The van der Waals surface area contributed by atoms with Crippen molar-refractivity contribution >= 4 is 44.2 Å². The number of ether oxygens (including phenoxy) is 3. The highest BCUT2D eigenvalue weighted by atomic mass is 32.2. The number of likely N-dealkylation sites (tertiary alicyclic amines) is 2. The van der Waals surface area contributed by atoms with E-state index in [0.29, 0.717) is 50.1 Å². The molecule has 4 fully saturated rings. The molecule has 4 aliphatic rings. The van der Waals surface area contributed by atoms with E-state index in [0.717, 1.165) is 95.0 Å². The fourth-order valence-electron chi connectivity index (χ4n) is 12.2. The molecule has 1 spiro atoms. The van der Waals surface area contributed by atoms with Crippen molar-refractivity contribution in [2.75, 3.05) is 63.1 Å². The smallest absolute Gasteiger partial charge is 0.312 e. The highest BCUT2D eigenvalue weighted by molar-refractivity contribution is 7.90. The first-order chi connectivity index (χ1) is 37.8. The summed E-state index contributed by atoms with van der Waals surface area (Å²) in [7, 11) is -3.37. The zero-order valence-corrected chi connectivity index (χ0v) is 46.7. The topological polar surface area (TPSA) is 218 Å². The van der Waals surface area contributed by atoms with Gasteiger partial charge in [0, 0.05) is 94.4 Å². The van der Waals surface area contributed by atoms with Crippen LogP contribution in [0.15, 0.2) is 96.2 Å². The number of halogens is 1. The average Bonchev–Trinajstić information content (AvgIpc) is 3.85. The normalized spacial score (nSPS) is 21.7. The molecule has 1 unspecified atom stereocenters. The summed E-state index contributed by atoms with van der Waals surface area (Å²) < 4.78 is 62.6. The number of H-pyrrole nitrogens is 1. The van der Waals surface area contributed by atoms with Gasteiger partial charge >= 0.3 is 5.69 Å². The molecule has 10 rings (SSSR count). The molecule has 4 N–H and O–H groups in total. The van der Waals surface area contributed by atoms with Crippen LogP contribution in [0.4, 0.5) is 21.6 Å². The molecule has 1 amide bonds. The van der Waals surface area contributed by atoms with Gasteiger partial charge in [-0.15, -0.1) is 0 Å². The molecule has 3 aliphatic heterocycles. The maximum Gasteiger partial charge on any atom is 0.312 e. The number of aromatic nitrogens is 3. The lowest BCUT2D eigenvalue weighted by molar-refractivity contribution is -0.384. The summed E-state index contributed by atoms with van der Waals surface area (Å²) in [6.45, 7) is 17.1. The molecule has 79 heavy (non-hydrogen) atoms. The molecule has 1 aliphatic carbocycles. The lowest BCUT2D eigenvalue weighted by atomic mass is 9.69. The first-order valence-electron chi connectivity index (χ1n) is 27.5. The number of anilines is 2. The van der Waals surface area contributed by atoms with Gasteiger partial charge in [-0.3, -0.25) is 24.7 Å². The number of fused-ring (bicyclic) bond motifs is 1. The number of nitro groups is 1. The van der Waals surface area contributed by atoms with Crippen molar-refractivity contribution in [2.24, 2.45) is 11.3 Å². The molecule has 0 bridgehead atoms. The van der Waals surface area contributed by atoms with Crippen molar-refractivity contribution in [3.63, 3.8) is 0 Å². The molecule has 3 saturated heterocycles. The summed E-state index contributed by atoms with van der Waals surface area (Å²) in [5.41, 5.74) is 3.66. The Morgan fingerprint density at radius 2 is 1.70 bits per heavy atom. The van der Waals surface area contributed by atoms with Crippen molar-refractivity contribution < 1.29 is 41.8 Å². The van der Waals surface area contributed by atoms with Crippen LogP contribution in [-0.2, 0) is 16.6 Å². The predicted molar refractivity (Wildman–Crippen MR) is 300 cm³/mol. The van der Waals surface area contributed by atoms with Gasteiger partial charge in [-0.2, -0.15) is 4.98 Å². The molecule has 3 aromatic carbocycles. The number of aliphatic hydroxyl groups is 1. The van der Waals surface area contributed by atoms with Gasteiger partial charge in [0.2, 0.25) is 5.82 Å². The van der Waals surface area contributed by atoms with Crippen LogP contribution < -0.4 is 29.1 Å². The maximum atomic E-state index is 14.9. The Hall–Kier alpha value is -6.87. The largest absolute Gasteiger partial charge is 0.491 e. The number of hydrogen-bond donors (Lipinski definition) is 4. The van der Waals surface area contributed by atoms with Gasteiger partial charge in [-0.05, 0) is 124 Å². The zero-order chi connectivity index (χ0) is 55.8. The number of hydrogen-bond acceptors (Lipinski definition) is 15. The summed E-state index contributed by atoms with van der Waals surface area (Å²) in [5, 5.41) is 25.7. The molecule has 2 atom stereocenters. The third-order valence-corrected chi connectivity index (χ3v) is 17.9. The number of rotatable bonds is 18. The minimum absolute atomic E-state index is 0.0152.